The molecule has 1 aromatic carbocycles. The van der Waals surface area contributed by atoms with Crippen molar-refractivity contribution in [2.24, 2.45) is 0 Å². The predicted octanol–water partition coefficient (Wildman–Crippen LogP) is 0.556. The van der Waals surface area contributed by atoms with Crippen LogP contribution in [-0.2, 0) is 44.7 Å². The molecule has 0 saturated carbocycles. The predicted molar refractivity (Wildman–Crippen MR) is 104 cm³/mol. The number of rotatable bonds is 9. The fourth-order valence-corrected chi connectivity index (χ4v) is 2.67. The lowest BCUT2D eigenvalue weighted by Crippen LogP contribution is -2.38. The summed E-state index contributed by atoms with van der Waals surface area (Å²) in [6, 6.07) is 7.05. The van der Waals surface area contributed by atoms with Crippen molar-refractivity contribution < 1.29 is 42.9 Å². The van der Waals surface area contributed by atoms with E-state index in [1.165, 1.54) is 4.90 Å². The summed E-state index contributed by atoms with van der Waals surface area (Å²) in [5.74, 6) is -3.50. The van der Waals surface area contributed by atoms with Gasteiger partial charge in [0.25, 0.3) is 5.91 Å². The second-order valence-electron chi connectivity index (χ2n) is 6.24. The Hall–Kier alpha value is -3.95. The lowest BCUT2D eigenvalue weighted by Gasteiger charge is -2.23. The molecule has 0 saturated heterocycles. The zero-order chi connectivity index (χ0) is 22.8. The van der Waals surface area contributed by atoms with Crippen LogP contribution in [0.5, 0.6) is 0 Å². The molecule has 164 valence electrons. The van der Waals surface area contributed by atoms with E-state index in [9.17, 15) is 24.0 Å². The molecule has 10 heteroatoms. The van der Waals surface area contributed by atoms with E-state index in [2.05, 4.69) is 9.47 Å². The van der Waals surface area contributed by atoms with Crippen LogP contribution in [0.2, 0.25) is 0 Å². The summed E-state index contributed by atoms with van der Waals surface area (Å²) in [4.78, 5) is 60.0. The first-order valence-electron chi connectivity index (χ1n) is 9.10. The molecule has 0 N–H and O–H groups in total. The number of esters is 4. The Morgan fingerprint density at radius 2 is 1.52 bits per heavy atom. The number of nitrogens with zero attached hydrogens (tertiary/aromatic N) is 1. The summed E-state index contributed by atoms with van der Waals surface area (Å²) in [7, 11) is 2.30. The Kier molecular flexibility index (Phi) is 8.50. The molecule has 2 rings (SSSR count). The van der Waals surface area contributed by atoms with Gasteiger partial charge in [0, 0.05) is 36.4 Å². The van der Waals surface area contributed by atoms with Crippen LogP contribution in [0.4, 0.5) is 0 Å². The minimum absolute atomic E-state index is 0.0562. The number of hydrogen-bond acceptors (Lipinski definition) is 9. The topological polar surface area (TPSA) is 126 Å². The molecule has 1 unspecified atom stereocenters. The van der Waals surface area contributed by atoms with Gasteiger partial charge >= 0.3 is 23.9 Å². The van der Waals surface area contributed by atoms with Crippen LogP contribution < -0.4 is 0 Å². The first-order valence-corrected chi connectivity index (χ1v) is 9.10. The molecule has 1 atom stereocenters. The van der Waals surface area contributed by atoms with Crippen LogP contribution in [0.15, 0.2) is 48.6 Å². The van der Waals surface area contributed by atoms with Gasteiger partial charge in [-0.15, -0.1) is 0 Å². The second-order valence-corrected chi connectivity index (χ2v) is 6.24. The normalized spacial score (nSPS) is 13.7. The Bertz CT molecular complexity index is 919. The van der Waals surface area contributed by atoms with Crippen molar-refractivity contribution in [3.8, 4) is 0 Å². The minimum Gasteiger partial charge on any atom is -0.466 e. The number of carbonyl (C=O) groups excluding carboxylic acids is 5. The molecule has 1 aliphatic heterocycles. The summed E-state index contributed by atoms with van der Waals surface area (Å²) in [5, 5.41) is 0. The maximum atomic E-state index is 12.6. The largest absolute Gasteiger partial charge is 0.466 e. The molecular weight excluding hydrogens is 410 g/mol. The van der Waals surface area contributed by atoms with Gasteiger partial charge in [-0.2, -0.15) is 0 Å². The van der Waals surface area contributed by atoms with Crippen molar-refractivity contribution in [2.75, 3.05) is 27.4 Å². The van der Waals surface area contributed by atoms with Gasteiger partial charge in [0.2, 0.25) is 0 Å². The first-order chi connectivity index (χ1) is 14.8. The van der Waals surface area contributed by atoms with Crippen LogP contribution in [-0.4, -0.2) is 68.2 Å². The summed E-state index contributed by atoms with van der Waals surface area (Å²) in [6.45, 7) is -0.140. The summed E-state index contributed by atoms with van der Waals surface area (Å²) < 4.78 is 19.0. The van der Waals surface area contributed by atoms with Crippen molar-refractivity contribution in [1.82, 2.24) is 4.90 Å². The van der Waals surface area contributed by atoms with Gasteiger partial charge in [-0.1, -0.05) is 18.2 Å². The summed E-state index contributed by atoms with van der Waals surface area (Å²) in [6.07, 6.45) is 2.45. The quantitative estimate of drug-likeness (QED) is 0.313. The number of hydrogen-bond donors (Lipinski definition) is 0. The van der Waals surface area contributed by atoms with E-state index in [4.69, 9.17) is 9.47 Å². The van der Waals surface area contributed by atoms with Gasteiger partial charge in [-0.05, 0) is 11.6 Å². The summed E-state index contributed by atoms with van der Waals surface area (Å²) in [5.41, 5.74) is 1.36. The van der Waals surface area contributed by atoms with Gasteiger partial charge in [-0.3, -0.25) is 4.79 Å². The van der Waals surface area contributed by atoms with E-state index in [1.807, 2.05) is 6.07 Å². The number of ether oxygens (including phenoxy) is 4. The highest BCUT2D eigenvalue weighted by molar-refractivity contribution is 5.98. The number of carbonyl (C=O) groups is 5. The number of methoxy groups -OCH3 is 2. The van der Waals surface area contributed by atoms with E-state index in [-0.39, 0.29) is 19.1 Å². The molecule has 0 aromatic heterocycles. The third kappa shape index (κ3) is 7.11. The molecule has 0 fully saturated rings. The van der Waals surface area contributed by atoms with E-state index in [1.54, 1.807) is 18.2 Å². The zero-order valence-electron chi connectivity index (χ0n) is 16.9. The highest BCUT2D eigenvalue weighted by atomic mass is 16.6. The SMILES string of the molecule is COC(=O)/C=C/C(=O)OCC(CN1Cc2ccccc2C1=O)OC(=O)/C=C/C(=O)OC. The van der Waals surface area contributed by atoms with Gasteiger partial charge in [0.15, 0.2) is 6.10 Å². The lowest BCUT2D eigenvalue weighted by atomic mass is 10.1. The average Bonchev–Trinajstić information content (AvgIpc) is 3.09. The molecular formula is C21H21NO9. The molecule has 1 aliphatic rings. The molecule has 10 nitrogen and oxygen atoms in total. The van der Waals surface area contributed by atoms with Crippen molar-refractivity contribution in [1.29, 1.82) is 0 Å². The molecule has 0 radical (unpaired) electrons. The standard InChI is InChI=1S/C21H21NO9/c1-28-17(23)7-9-19(25)30-13-15(31-20(26)10-8-18(24)29-2)12-22-11-14-5-3-4-6-16(14)21(22)27/h3-10,15H,11-13H2,1-2H3/b9-7+,10-8+. The van der Waals surface area contributed by atoms with Crippen molar-refractivity contribution >= 4 is 29.8 Å². The van der Waals surface area contributed by atoms with Crippen LogP contribution in [0.3, 0.4) is 0 Å². The molecule has 0 aliphatic carbocycles. The molecule has 1 aromatic rings. The van der Waals surface area contributed by atoms with Crippen molar-refractivity contribution in [2.45, 2.75) is 12.6 Å². The van der Waals surface area contributed by atoms with Gasteiger partial charge in [0.1, 0.15) is 6.61 Å². The van der Waals surface area contributed by atoms with E-state index in [0.29, 0.717) is 12.1 Å². The maximum Gasteiger partial charge on any atom is 0.331 e. The van der Waals surface area contributed by atoms with Crippen LogP contribution in [0.1, 0.15) is 15.9 Å². The first kappa shape index (κ1) is 23.3. The molecule has 0 spiro atoms. The summed E-state index contributed by atoms with van der Waals surface area (Å²) >= 11 is 0. The molecule has 1 amide bonds. The number of amides is 1. The van der Waals surface area contributed by atoms with E-state index < -0.39 is 30.0 Å². The van der Waals surface area contributed by atoms with Crippen molar-refractivity contribution in [3.63, 3.8) is 0 Å². The van der Waals surface area contributed by atoms with Gasteiger partial charge in [-0.25, -0.2) is 19.2 Å². The number of fused-ring (bicyclic) bond motifs is 1. The lowest BCUT2D eigenvalue weighted by molar-refractivity contribution is -0.153. The Labute approximate surface area is 178 Å². The molecule has 1 heterocycles. The Morgan fingerprint density at radius 1 is 0.935 bits per heavy atom. The van der Waals surface area contributed by atoms with E-state index >= 15 is 0 Å². The smallest absolute Gasteiger partial charge is 0.331 e. The van der Waals surface area contributed by atoms with Crippen LogP contribution in [0, 0.1) is 0 Å². The van der Waals surface area contributed by atoms with Crippen molar-refractivity contribution in [3.05, 3.63) is 59.7 Å². The second kappa shape index (κ2) is 11.3. The monoisotopic (exact) mass is 431 g/mol. The van der Waals surface area contributed by atoms with Gasteiger partial charge in [0.05, 0.1) is 20.8 Å². The Balaban J connectivity index is 2.04. The molecule has 31 heavy (non-hydrogen) atoms. The zero-order valence-corrected chi connectivity index (χ0v) is 16.9. The van der Waals surface area contributed by atoms with Crippen LogP contribution >= 0.6 is 0 Å². The minimum atomic E-state index is -1.02. The fourth-order valence-electron chi connectivity index (χ4n) is 2.67. The fraction of sp³-hybridized carbons (Fsp3) is 0.286. The average molecular weight is 431 g/mol. The maximum absolute atomic E-state index is 12.6. The van der Waals surface area contributed by atoms with Crippen LogP contribution in [0.25, 0.3) is 0 Å². The number of benzene rings is 1. The molecule has 0 bridgehead atoms. The Morgan fingerprint density at radius 3 is 2.13 bits per heavy atom. The third-order valence-electron chi connectivity index (χ3n) is 4.13. The van der Waals surface area contributed by atoms with Gasteiger partial charge < -0.3 is 23.8 Å². The highest BCUT2D eigenvalue weighted by Crippen LogP contribution is 2.22. The third-order valence-corrected chi connectivity index (χ3v) is 4.13. The highest BCUT2D eigenvalue weighted by Gasteiger charge is 2.30. The van der Waals surface area contributed by atoms with E-state index in [0.717, 1.165) is 44.1 Å².